The van der Waals surface area contributed by atoms with Gasteiger partial charge in [0, 0.05) is 5.69 Å². The van der Waals surface area contributed by atoms with Crippen LogP contribution in [0.25, 0.3) is 6.08 Å². The van der Waals surface area contributed by atoms with E-state index < -0.39 is 5.91 Å². The fraction of sp³-hybridized carbons (Fsp3) is 0.200. The molecule has 0 fully saturated rings. The summed E-state index contributed by atoms with van der Waals surface area (Å²) in [6.45, 7) is 4.50. The number of phenols is 1. The predicted molar refractivity (Wildman–Crippen MR) is 104 cm³/mol. The summed E-state index contributed by atoms with van der Waals surface area (Å²) in [6.07, 6.45) is 1.42. The lowest BCUT2D eigenvalue weighted by molar-refractivity contribution is -0.112. The van der Waals surface area contributed by atoms with Gasteiger partial charge in [0.2, 0.25) is 0 Å². The molecule has 0 saturated heterocycles. The first-order chi connectivity index (χ1) is 13.0. The molecule has 0 aliphatic carbocycles. The number of anilines is 1. The molecule has 2 N–H and O–H groups in total. The zero-order valence-electron chi connectivity index (χ0n) is 15.0. The zero-order chi connectivity index (χ0) is 19.8. The van der Waals surface area contributed by atoms with Crippen molar-refractivity contribution in [1.82, 2.24) is 0 Å². The van der Waals surface area contributed by atoms with Crippen molar-refractivity contribution in [2.45, 2.75) is 13.8 Å². The van der Waals surface area contributed by atoms with E-state index in [1.807, 2.05) is 19.9 Å². The third-order valence-corrected chi connectivity index (χ3v) is 3.70. The number of aromatic hydroxyl groups is 1. The number of carbonyl (C=O) groups is 1. The maximum Gasteiger partial charge on any atom is 0.266 e. The normalized spacial score (nSPS) is 10.8. The zero-order valence-corrected chi connectivity index (χ0v) is 15.7. The van der Waals surface area contributed by atoms with Gasteiger partial charge in [-0.25, -0.2) is 0 Å². The van der Waals surface area contributed by atoms with Crippen molar-refractivity contribution in [2.24, 2.45) is 0 Å². The summed E-state index contributed by atoms with van der Waals surface area (Å²) < 4.78 is 11.0. The summed E-state index contributed by atoms with van der Waals surface area (Å²) in [5, 5.41) is 21.6. The first-order valence-corrected chi connectivity index (χ1v) is 8.67. The highest BCUT2D eigenvalue weighted by Gasteiger charge is 2.14. The van der Waals surface area contributed by atoms with E-state index in [0.717, 1.165) is 0 Å². The number of ether oxygens (including phenoxy) is 2. The van der Waals surface area contributed by atoms with Crippen LogP contribution in [0.2, 0.25) is 5.02 Å². The molecule has 0 aliphatic heterocycles. The Labute approximate surface area is 162 Å². The van der Waals surface area contributed by atoms with E-state index in [0.29, 0.717) is 41.0 Å². The van der Waals surface area contributed by atoms with Crippen molar-refractivity contribution in [3.8, 4) is 23.3 Å². The molecular weight excluding hydrogens is 368 g/mol. The topological polar surface area (TPSA) is 91.6 Å². The Morgan fingerprint density at radius 2 is 1.89 bits per heavy atom. The first-order valence-electron chi connectivity index (χ1n) is 8.29. The van der Waals surface area contributed by atoms with Crippen LogP contribution in [0.4, 0.5) is 5.69 Å². The van der Waals surface area contributed by atoms with Crippen LogP contribution >= 0.6 is 11.6 Å². The number of benzene rings is 2. The molecule has 27 heavy (non-hydrogen) atoms. The first kappa shape index (κ1) is 20.1. The van der Waals surface area contributed by atoms with Gasteiger partial charge in [-0.1, -0.05) is 11.6 Å². The second kappa shape index (κ2) is 9.51. The number of rotatable bonds is 7. The van der Waals surface area contributed by atoms with E-state index in [4.69, 9.17) is 21.1 Å². The Morgan fingerprint density at radius 1 is 1.22 bits per heavy atom. The second-order valence-corrected chi connectivity index (χ2v) is 5.77. The molecule has 2 aromatic carbocycles. The lowest BCUT2D eigenvalue weighted by Crippen LogP contribution is -2.13. The highest BCUT2D eigenvalue weighted by molar-refractivity contribution is 6.32. The van der Waals surface area contributed by atoms with Crippen molar-refractivity contribution < 1.29 is 19.4 Å². The SMILES string of the molecule is CCOc1cc(/C=C(\C#N)C(=O)Nc2ccc(O)cc2)cc(Cl)c1OCC. The average molecular weight is 387 g/mol. The Balaban J connectivity index is 2.31. The molecule has 7 heteroatoms. The van der Waals surface area contributed by atoms with E-state index in [1.165, 1.54) is 30.3 Å². The van der Waals surface area contributed by atoms with Crippen LogP contribution in [0.5, 0.6) is 17.2 Å². The third-order valence-electron chi connectivity index (χ3n) is 3.42. The van der Waals surface area contributed by atoms with Gasteiger partial charge in [0.1, 0.15) is 17.4 Å². The summed E-state index contributed by atoms with van der Waals surface area (Å²) in [5.74, 6) is 0.363. The van der Waals surface area contributed by atoms with E-state index in [9.17, 15) is 15.2 Å². The summed E-state index contributed by atoms with van der Waals surface area (Å²) in [7, 11) is 0. The molecule has 0 atom stereocenters. The molecule has 2 rings (SSSR count). The molecule has 0 heterocycles. The number of halogens is 1. The number of hydrogen-bond donors (Lipinski definition) is 2. The second-order valence-electron chi connectivity index (χ2n) is 5.37. The van der Waals surface area contributed by atoms with Crippen LogP contribution in [-0.2, 0) is 4.79 Å². The van der Waals surface area contributed by atoms with Gasteiger partial charge in [-0.05, 0) is 61.9 Å². The van der Waals surface area contributed by atoms with E-state index >= 15 is 0 Å². The Morgan fingerprint density at radius 3 is 2.48 bits per heavy atom. The van der Waals surface area contributed by atoms with E-state index in [-0.39, 0.29) is 11.3 Å². The van der Waals surface area contributed by atoms with Crippen molar-refractivity contribution in [3.63, 3.8) is 0 Å². The molecule has 0 aromatic heterocycles. The molecule has 6 nitrogen and oxygen atoms in total. The van der Waals surface area contributed by atoms with Crippen LogP contribution in [0.15, 0.2) is 42.0 Å². The molecule has 140 valence electrons. The van der Waals surface area contributed by atoms with Crippen molar-refractivity contribution in [2.75, 3.05) is 18.5 Å². The number of nitrogens with zero attached hydrogens (tertiary/aromatic N) is 1. The van der Waals surface area contributed by atoms with Crippen molar-refractivity contribution in [3.05, 3.63) is 52.6 Å². The smallest absolute Gasteiger partial charge is 0.266 e. The van der Waals surface area contributed by atoms with Crippen LogP contribution in [0.3, 0.4) is 0 Å². The van der Waals surface area contributed by atoms with Gasteiger partial charge in [0.15, 0.2) is 11.5 Å². The lowest BCUT2D eigenvalue weighted by Gasteiger charge is -2.13. The van der Waals surface area contributed by atoms with Gasteiger partial charge in [0.25, 0.3) is 5.91 Å². The summed E-state index contributed by atoms with van der Waals surface area (Å²) in [4.78, 5) is 12.3. The van der Waals surface area contributed by atoms with E-state index in [2.05, 4.69) is 5.32 Å². The molecule has 0 spiro atoms. The quantitative estimate of drug-likeness (QED) is 0.418. The highest BCUT2D eigenvalue weighted by atomic mass is 35.5. The van der Waals surface area contributed by atoms with Crippen molar-refractivity contribution in [1.29, 1.82) is 5.26 Å². The average Bonchev–Trinajstić information content (AvgIpc) is 2.64. The molecule has 0 radical (unpaired) electrons. The minimum Gasteiger partial charge on any atom is -0.508 e. The number of carbonyl (C=O) groups excluding carboxylic acids is 1. The molecule has 0 unspecified atom stereocenters. The van der Waals surface area contributed by atoms with Gasteiger partial charge < -0.3 is 19.9 Å². The highest BCUT2D eigenvalue weighted by Crippen LogP contribution is 2.37. The minimum absolute atomic E-state index is 0.0801. The number of nitriles is 1. The lowest BCUT2D eigenvalue weighted by atomic mass is 10.1. The minimum atomic E-state index is -0.578. The predicted octanol–water partition coefficient (Wildman–Crippen LogP) is 4.39. The maximum atomic E-state index is 12.3. The van der Waals surface area contributed by atoms with Gasteiger partial charge >= 0.3 is 0 Å². The molecule has 2 aromatic rings. The van der Waals surface area contributed by atoms with Crippen molar-refractivity contribution >= 4 is 29.3 Å². The molecule has 1 amide bonds. The van der Waals surface area contributed by atoms with Crippen LogP contribution in [0.1, 0.15) is 19.4 Å². The number of phenolic OH excluding ortho intramolecular Hbond substituents is 1. The number of hydrogen-bond acceptors (Lipinski definition) is 5. The fourth-order valence-electron chi connectivity index (χ4n) is 2.28. The maximum absolute atomic E-state index is 12.3. The standard InChI is InChI=1S/C20H19ClN2O4/c1-3-26-18-11-13(10-17(21)19(18)27-4-2)9-14(12-22)20(25)23-15-5-7-16(24)8-6-15/h5-11,24H,3-4H2,1-2H3,(H,23,25)/b14-9+. The third kappa shape index (κ3) is 5.40. The van der Waals surface area contributed by atoms with E-state index in [1.54, 1.807) is 12.1 Å². The molecule has 0 aliphatic rings. The Bertz CT molecular complexity index is 886. The van der Waals surface area contributed by atoms with Crippen LogP contribution in [0, 0.1) is 11.3 Å². The number of nitrogens with one attached hydrogen (secondary N) is 1. The van der Waals surface area contributed by atoms with Gasteiger partial charge in [0.05, 0.1) is 18.2 Å². The van der Waals surface area contributed by atoms with Gasteiger partial charge in [-0.15, -0.1) is 0 Å². The molecular formula is C20H19ClN2O4. The summed E-state index contributed by atoms with van der Waals surface area (Å²) in [5.41, 5.74) is 0.883. The molecule has 0 bridgehead atoms. The summed E-state index contributed by atoms with van der Waals surface area (Å²) >= 11 is 6.26. The van der Waals surface area contributed by atoms with Gasteiger partial charge in [-0.2, -0.15) is 5.26 Å². The van der Waals surface area contributed by atoms with Crippen LogP contribution < -0.4 is 14.8 Å². The summed E-state index contributed by atoms with van der Waals surface area (Å²) in [6, 6.07) is 11.1. The van der Waals surface area contributed by atoms with Crippen LogP contribution in [-0.4, -0.2) is 24.2 Å². The Hall–Kier alpha value is -3.17. The largest absolute Gasteiger partial charge is 0.508 e. The monoisotopic (exact) mass is 386 g/mol. The Kier molecular flexibility index (Phi) is 7.09. The fourth-order valence-corrected chi connectivity index (χ4v) is 2.55. The molecule has 0 saturated carbocycles. The van der Waals surface area contributed by atoms with Gasteiger partial charge in [-0.3, -0.25) is 4.79 Å². The number of amides is 1.